The summed E-state index contributed by atoms with van der Waals surface area (Å²) in [5, 5.41) is 11.5. The van der Waals surface area contributed by atoms with Gasteiger partial charge >= 0.3 is 0 Å². The van der Waals surface area contributed by atoms with Crippen LogP contribution in [0.15, 0.2) is 16.5 Å². The van der Waals surface area contributed by atoms with Crippen molar-refractivity contribution in [1.82, 2.24) is 0 Å². The highest BCUT2D eigenvalue weighted by Gasteiger charge is 2.16. The van der Waals surface area contributed by atoms with E-state index in [1.54, 1.807) is 19.1 Å². The Balaban J connectivity index is 2.56. The molecule has 1 unspecified atom stereocenters. The minimum Gasteiger partial charge on any atom is -0.446 e. The maximum atomic E-state index is 11.5. The number of carbonyl (C=O) groups excluding carboxylic acids is 1. The van der Waals surface area contributed by atoms with E-state index in [9.17, 15) is 4.79 Å². The van der Waals surface area contributed by atoms with Crippen LogP contribution in [-0.4, -0.2) is 17.6 Å². The predicted octanol–water partition coefficient (Wildman–Crippen LogP) is 1.55. The van der Waals surface area contributed by atoms with E-state index in [0.717, 1.165) is 5.76 Å². The van der Waals surface area contributed by atoms with E-state index >= 15 is 0 Å². The Morgan fingerprint density at radius 1 is 1.64 bits per heavy atom. The van der Waals surface area contributed by atoms with E-state index in [1.807, 2.05) is 6.92 Å². The molecule has 0 bridgehead atoms. The fraction of sp³-hybridized carbons (Fsp3) is 0.500. The molecule has 4 nitrogen and oxygen atoms in total. The van der Waals surface area contributed by atoms with Gasteiger partial charge in [-0.3, -0.25) is 10.1 Å². The highest BCUT2D eigenvalue weighted by atomic mass is 16.4. The Morgan fingerprint density at radius 2 is 2.36 bits per heavy atom. The molecule has 0 radical (unpaired) electrons. The van der Waals surface area contributed by atoms with Crippen LogP contribution in [-0.2, 0) is 4.79 Å². The number of aliphatic hydroxyl groups excluding tert-OH is 1. The van der Waals surface area contributed by atoms with Gasteiger partial charge in [0.05, 0.1) is 12.5 Å². The molecule has 0 fully saturated rings. The molecule has 4 heteroatoms. The van der Waals surface area contributed by atoms with E-state index in [-0.39, 0.29) is 18.4 Å². The van der Waals surface area contributed by atoms with Crippen molar-refractivity contribution in [2.45, 2.75) is 20.3 Å². The van der Waals surface area contributed by atoms with Crippen LogP contribution in [0.3, 0.4) is 0 Å². The summed E-state index contributed by atoms with van der Waals surface area (Å²) in [6, 6.07) is 3.47. The van der Waals surface area contributed by atoms with Crippen molar-refractivity contribution in [3.63, 3.8) is 0 Å². The predicted molar refractivity (Wildman–Crippen MR) is 52.9 cm³/mol. The third-order valence-corrected chi connectivity index (χ3v) is 2.07. The molecular formula is C10H15NO3. The molecule has 78 valence electrons. The third kappa shape index (κ3) is 2.60. The van der Waals surface area contributed by atoms with Gasteiger partial charge in [0.2, 0.25) is 5.91 Å². The van der Waals surface area contributed by atoms with Gasteiger partial charge in [0.1, 0.15) is 5.76 Å². The maximum absolute atomic E-state index is 11.5. The van der Waals surface area contributed by atoms with Gasteiger partial charge in [-0.1, -0.05) is 6.92 Å². The fourth-order valence-electron chi connectivity index (χ4n) is 1.12. The topological polar surface area (TPSA) is 62.5 Å². The molecule has 0 saturated heterocycles. The molecule has 1 heterocycles. The van der Waals surface area contributed by atoms with Gasteiger partial charge < -0.3 is 9.52 Å². The largest absolute Gasteiger partial charge is 0.446 e. The van der Waals surface area contributed by atoms with E-state index in [0.29, 0.717) is 12.3 Å². The van der Waals surface area contributed by atoms with Crippen LogP contribution in [0.2, 0.25) is 0 Å². The summed E-state index contributed by atoms with van der Waals surface area (Å²) in [4.78, 5) is 11.5. The Kier molecular flexibility index (Phi) is 3.71. The van der Waals surface area contributed by atoms with Gasteiger partial charge in [0.25, 0.3) is 0 Å². The number of furan rings is 1. The second-order valence-electron chi connectivity index (χ2n) is 3.19. The average Bonchev–Trinajstić information content (AvgIpc) is 2.53. The fourth-order valence-corrected chi connectivity index (χ4v) is 1.12. The number of anilines is 1. The number of rotatable bonds is 4. The highest BCUT2D eigenvalue weighted by Crippen LogP contribution is 2.13. The van der Waals surface area contributed by atoms with Crippen molar-refractivity contribution >= 4 is 11.8 Å². The smallest absolute Gasteiger partial charge is 0.232 e. The molecule has 0 aliphatic rings. The molecule has 0 spiro atoms. The van der Waals surface area contributed by atoms with Crippen molar-refractivity contribution < 1.29 is 14.3 Å². The highest BCUT2D eigenvalue weighted by molar-refractivity contribution is 5.91. The van der Waals surface area contributed by atoms with Gasteiger partial charge in [-0.25, -0.2) is 0 Å². The van der Waals surface area contributed by atoms with Gasteiger partial charge in [-0.05, 0) is 19.4 Å². The number of hydrogen-bond acceptors (Lipinski definition) is 3. The summed E-state index contributed by atoms with van der Waals surface area (Å²) in [5.41, 5.74) is 0. The summed E-state index contributed by atoms with van der Waals surface area (Å²) in [6.45, 7) is 3.52. The Labute approximate surface area is 82.9 Å². The molecular weight excluding hydrogens is 182 g/mol. The van der Waals surface area contributed by atoms with Crippen molar-refractivity contribution in [2.75, 3.05) is 11.9 Å². The zero-order valence-electron chi connectivity index (χ0n) is 8.41. The summed E-state index contributed by atoms with van der Waals surface area (Å²) in [5.74, 6) is 0.613. The van der Waals surface area contributed by atoms with Crippen molar-refractivity contribution in [3.05, 3.63) is 17.9 Å². The SMILES string of the molecule is CCC(CO)C(=O)Nc1ccc(C)o1. The van der Waals surface area contributed by atoms with Gasteiger partial charge in [0, 0.05) is 6.07 Å². The summed E-state index contributed by atoms with van der Waals surface area (Å²) in [6.07, 6.45) is 0.613. The van der Waals surface area contributed by atoms with E-state index < -0.39 is 0 Å². The third-order valence-electron chi connectivity index (χ3n) is 2.07. The van der Waals surface area contributed by atoms with Crippen molar-refractivity contribution in [1.29, 1.82) is 0 Å². The Morgan fingerprint density at radius 3 is 2.79 bits per heavy atom. The molecule has 0 aliphatic carbocycles. The summed E-state index contributed by atoms with van der Waals surface area (Å²) >= 11 is 0. The molecule has 1 aromatic heterocycles. The van der Waals surface area contributed by atoms with Crippen molar-refractivity contribution in [2.24, 2.45) is 5.92 Å². The monoisotopic (exact) mass is 197 g/mol. The molecule has 0 aliphatic heterocycles. The average molecular weight is 197 g/mol. The standard InChI is InChI=1S/C10H15NO3/c1-3-8(6-12)10(13)11-9-5-4-7(2)14-9/h4-5,8,12H,3,6H2,1-2H3,(H,11,13). The van der Waals surface area contributed by atoms with Gasteiger partial charge in [0.15, 0.2) is 5.88 Å². The zero-order valence-corrected chi connectivity index (χ0v) is 8.41. The number of hydrogen-bond donors (Lipinski definition) is 2. The normalized spacial score (nSPS) is 12.5. The Hall–Kier alpha value is -1.29. The molecule has 1 atom stereocenters. The number of aliphatic hydroxyl groups is 1. The molecule has 2 N–H and O–H groups in total. The first kappa shape index (κ1) is 10.8. The van der Waals surface area contributed by atoms with Crippen LogP contribution in [0.25, 0.3) is 0 Å². The molecule has 1 rings (SSSR count). The van der Waals surface area contributed by atoms with Crippen LogP contribution in [0.5, 0.6) is 0 Å². The zero-order chi connectivity index (χ0) is 10.6. The van der Waals surface area contributed by atoms with Crippen LogP contribution in [0.4, 0.5) is 5.88 Å². The first-order chi connectivity index (χ1) is 6.67. The number of amides is 1. The maximum Gasteiger partial charge on any atom is 0.232 e. The lowest BCUT2D eigenvalue weighted by Gasteiger charge is -2.09. The lowest BCUT2D eigenvalue weighted by atomic mass is 10.1. The van der Waals surface area contributed by atoms with Crippen LogP contribution >= 0.6 is 0 Å². The Bertz CT molecular complexity index is 302. The first-order valence-electron chi connectivity index (χ1n) is 4.65. The van der Waals surface area contributed by atoms with E-state index in [4.69, 9.17) is 9.52 Å². The molecule has 1 aromatic rings. The van der Waals surface area contributed by atoms with E-state index in [2.05, 4.69) is 5.32 Å². The van der Waals surface area contributed by atoms with E-state index in [1.165, 1.54) is 0 Å². The van der Waals surface area contributed by atoms with Crippen LogP contribution in [0, 0.1) is 12.8 Å². The quantitative estimate of drug-likeness (QED) is 0.769. The minimum atomic E-state index is -0.361. The van der Waals surface area contributed by atoms with Crippen LogP contribution in [0.1, 0.15) is 19.1 Å². The molecule has 14 heavy (non-hydrogen) atoms. The van der Waals surface area contributed by atoms with Gasteiger partial charge in [-0.15, -0.1) is 0 Å². The van der Waals surface area contributed by atoms with Crippen molar-refractivity contribution in [3.8, 4) is 0 Å². The molecule has 0 saturated carbocycles. The summed E-state index contributed by atoms with van der Waals surface area (Å²) < 4.78 is 5.18. The molecule has 1 amide bonds. The lowest BCUT2D eigenvalue weighted by molar-refractivity contribution is -0.121. The number of aryl methyl sites for hydroxylation is 1. The number of nitrogens with one attached hydrogen (secondary N) is 1. The number of carbonyl (C=O) groups is 1. The second-order valence-corrected chi connectivity index (χ2v) is 3.19. The first-order valence-corrected chi connectivity index (χ1v) is 4.65. The minimum absolute atomic E-state index is 0.137. The van der Waals surface area contributed by atoms with Gasteiger partial charge in [-0.2, -0.15) is 0 Å². The molecule has 0 aromatic carbocycles. The van der Waals surface area contributed by atoms with Crippen LogP contribution < -0.4 is 5.32 Å². The summed E-state index contributed by atoms with van der Waals surface area (Å²) in [7, 11) is 0. The lowest BCUT2D eigenvalue weighted by Crippen LogP contribution is -2.24. The second kappa shape index (κ2) is 4.81.